The van der Waals surface area contributed by atoms with Crippen molar-refractivity contribution in [2.24, 2.45) is 0 Å². The predicted molar refractivity (Wildman–Crippen MR) is 83.1 cm³/mol. The van der Waals surface area contributed by atoms with Gasteiger partial charge in [-0.05, 0) is 13.3 Å². The quantitative estimate of drug-likeness (QED) is 0.386. The minimum Gasteiger partial charge on any atom is -0.356 e. The molecule has 1 aliphatic rings. The van der Waals surface area contributed by atoms with Gasteiger partial charge in [-0.3, -0.25) is 0 Å². The van der Waals surface area contributed by atoms with Gasteiger partial charge >= 0.3 is 0 Å². The lowest BCUT2D eigenvalue weighted by Gasteiger charge is -2.18. The monoisotopic (exact) mass is 305 g/mol. The summed E-state index contributed by atoms with van der Waals surface area (Å²) in [5, 5.41) is 0. The van der Waals surface area contributed by atoms with Gasteiger partial charge in [0.2, 0.25) is 10.0 Å². The third-order valence-corrected chi connectivity index (χ3v) is 5.70. The van der Waals surface area contributed by atoms with Crippen LogP contribution in [0.25, 0.3) is 0 Å². The summed E-state index contributed by atoms with van der Waals surface area (Å²) in [4.78, 5) is 0. The van der Waals surface area contributed by atoms with E-state index in [-0.39, 0.29) is 12.0 Å². The topological polar surface area (TPSA) is 49.9 Å². The molecular formula is C15H31NO3S. The summed E-state index contributed by atoms with van der Waals surface area (Å²) in [6.45, 7) is 5.12. The predicted octanol–water partition coefficient (Wildman–Crippen LogP) is 3.53. The summed E-state index contributed by atoms with van der Waals surface area (Å²) in [6.07, 6.45) is 11.1. The maximum absolute atomic E-state index is 11.9. The molecule has 1 atom stereocenters. The first-order chi connectivity index (χ1) is 9.61. The zero-order valence-corrected chi connectivity index (χ0v) is 14.0. The van der Waals surface area contributed by atoms with Crippen molar-refractivity contribution < 1.29 is 13.2 Å². The minimum absolute atomic E-state index is 0.171. The maximum atomic E-state index is 11.9. The number of hydrogen-bond donors (Lipinski definition) is 0. The lowest BCUT2D eigenvalue weighted by atomic mass is 10.1. The van der Waals surface area contributed by atoms with Gasteiger partial charge in [-0.25, -0.2) is 8.42 Å². The Labute approximate surface area is 124 Å². The van der Waals surface area contributed by atoms with Crippen LogP contribution in [0.5, 0.6) is 0 Å². The standard InChI is InChI=1S/C15H31NO3S/c1-3-5-6-7-8-9-10-11-12-13-16(15-14-19-15)20(17,18)4-2/h15H,3-14H2,1-2H3. The van der Waals surface area contributed by atoms with Gasteiger partial charge in [-0.2, -0.15) is 4.31 Å². The van der Waals surface area contributed by atoms with E-state index in [1.165, 1.54) is 44.9 Å². The van der Waals surface area contributed by atoms with Gasteiger partial charge in [0.25, 0.3) is 0 Å². The number of epoxide rings is 1. The van der Waals surface area contributed by atoms with Crippen molar-refractivity contribution in [1.29, 1.82) is 0 Å². The summed E-state index contributed by atoms with van der Waals surface area (Å²) in [5.74, 6) is 0.171. The van der Waals surface area contributed by atoms with E-state index < -0.39 is 10.0 Å². The Bertz CT molecular complexity index is 339. The molecule has 0 N–H and O–H groups in total. The zero-order chi connectivity index (χ0) is 14.8. The van der Waals surface area contributed by atoms with Crippen molar-refractivity contribution in [2.75, 3.05) is 18.9 Å². The second kappa shape index (κ2) is 9.74. The normalized spacial score (nSPS) is 18.6. The number of sulfonamides is 1. The second-order valence-electron chi connectivity index (χ2n) is 5.63. The Balaban J connectivity index is 2.04. The van der Waals surface area contributed by atoms with E-state index in [1.54, 1.807) is 11.2 Å². The van der Waals surface area contributed by atoms with Gasteiger partial charge in [0.05, 0.1) is 12.4 Å². The average molecular weight is 305 g/mol. The van der Waals surface area contributed by atoms with E-state index in [1.807, 2.05) is 0 Å². The molecule has 0 radical (unpaired) electrons. The van der Waals surface area contributed by atoms with Crippen LogP contribution >= 0.6 is 0 Å². The Morgan fingerprint density at radius 2 is 1.45 bits per heavy atom. The van der Waals surface area contributed by atoms with E-state index in [0.717, 1.165) is 12.8 Å². The molecule has 1 heterocycles. The summed E-state index contributed by atoms with van der Waals surface area (Å²) >= 11 is 0. The summed E-state index contributed by atoms with van der Waals surface area (Å²) in [7, 11) is -3.10. The molecule has 0 spiro atoms. The van der Waals surface area contributed by atoms with E-state index in [4.69, 9.17) is 4.74 Å². The fourth-order valence-corrected chi connectivity index (χ4v) is 3.63. The molecular weight excluding hydrogens is 274 g/mol. The molecule has 0 bridgehead atoms. The Morgan fingerprint density at radius 3 is 1.90 bits per heavy atom. The molecule has 0 amide bonds. The van der Waals surface area contributed by atoms with Gasteiger partial charge in [0, 0.05) is 6.54 Å². The third kappa shape index (κ3) is 7.04. The zero-order valence-electron chi connectivity index (χ0n) is 13.1. The first-order valence-corrected chi connectivity index (χ1v) is 9.84. The van der Waals surface area contributed by atoms with Gasteiger partial charge in [-0.1, -0.05) is 58.3 Å². The van der Waals surface area contributed by atoms with Crippen LogP contribution in [0.3, 0.4) is 0 Å². The van der Waals surface area contributed by atoms with E-state index in [0.29, 0.717) is 13.2 Å². The van der Waals surface area contributed by atoms with Gasteiger partial charge in [0.15, 0.2) is 0 Å². The molecule has 1 unspecified atom stereocenters. The molecule has 4 nitrogen and oxygen atoms in total. The van der Waals surface area contributed by atoms with E-state index in [9.17, 15) is 8.42 Å². The molecule has 5 heteroatoms. The van der Waals surface area contributed by atoms with Crippen molar-refractivity contribution in [1.82, 2.24) is 4.31 Å². The van der Waals surface area contributed by atoms with Crippen LogP contribution in [-0.4, -0.2) is 37.9 Å². The SMILES string of the molecule is CCCCCCCCCCCN(C1CO1)S(=O)(=O)CC. The summed E-state index contributed by atoms with van der Waals surface area (Å²) in [5.41, 5.74) is 0. The first kappa shape index (κ1) is 17.9. The highest BCUT2D eigenvalue weighted by Crippen LogP contribution is 2.21. The van der Waals surface area contributed by atoms with Crippen LogP contribution in [0, 0.1) is 0 Å². The average Bonchev–Trinajstić information content (AvgIpc) is 3.25. The number of ether oxygens (including phenoxy) is 1. The maximum Gasteiger partial charge on any atom is 0.216 e. The Kier molecular flexibility index (Phi) is 8.73. The molecule has 0 aromatic carbocycles. The Morgan fingerprint density at radius 1 is 0.950 bits per heavy atom. The fourth-order valence-electron chi connectivity index (χ4n) is 2.42. The highest BCUT2D eigenvalue weighted by Gasteiger charge is 2.37. The van der Waals surface area contributed by atoms with Crippen molar-refractivity contribution in [3.63, 3.8) is 0 Å². The van der Waals surface area contributed by atoms with Crippen LogP contribution in [0.15, 0.2) is 0 Å². The highest BCUT2D eigenvalue weighted by atomic mass is 32.2. The second-order valence-corrected chi connectivity index (χ2v) is 7.84. The van der Waals surface area contributed by atoms with Crippen LogP contribution in [0.4, 0.5) is 0 Å². The molecule has 0 saturated carbocycles. The van der Waals surface area contributed by atoms with Crippen molar-refractivity contribution in [3.8, 4) is 0 Å². The highest BCUT2D eigenvalue weighted by molar-refractivity contribution is 7.89. The van der Waals surface area contributed by atoms with E-state index >= 15 is 0 Å². The summed E-state index contributed by atoms with van der Waals surface area (Å²) < 4.78 is 30.5. The van der Waals surface area contributed by atoms with Crippen molar-refractivity contribution >= 4 is 10.0 Å². The molecule has 1 saturated heterocycles. The molecule has 1 aliphatic heterocycles. The van der Waals surface area contributed by atoms with Gasteiger partial charge in [0.1, 0.15) is 6.23 Å². The number of nitrogens with zero attached hydrogens (tertiary/aromatic N) is 1. The molecule has 0 aromatic rings. The van der Waals surface area contributed by atoms with Crippen LogP contribution in [0.1, 0.15) is 71.6 Å². The number of unbranched alkanes of at least 4 members (excludes halogenated alkanes) is 8. The van der Waals surface area contributed by atoms with Crippen molar-refractivity contribution in [2.45, 2.75) is 77.9 Å². The van der Waals surface area contributed by atoms with Crippen LogP contribution < -0.4 is 0 Å². The van der Waals surface area contributed by atoms with Gasteiger partial charge < -0.3 is 4.74 Å². The largest absolute Gasteiger partial charge is 0.356 e. The molecule has 0 aliphatic carbocycles. The van der Waals surface area contributed by atoms with Gasteiger partial charge in [-0.15, -0.1) is 0 Å². The third-order valence-electron chi connectivity index (χ3n) is 3.84. The minimum atomic E-state index is -3.10. The summed E-state index contributed by atoms with van der Waals surface area (Å²) in [6, 6.07) is 0. The van der Waals surface area contributed by atoms with Crippen LogP contribution in [-0.2, 0) is 14.8 Å². The Hall–Kier alpha value is -0.130. The smallest absolute Gasteiger partial charge is 0.216 e. The molecule has 0 aromatic heterocycles. The molecule has 120 valence electrons. The molecule has 1 rings (SSSR count). The first-order valence-electron chi connectivity index (χ1n) is 8.23. The lowest BCUT2D eigenvalue weighted by molar-refractivity contribution is 0.265. The molecule has 1 fully saturated rings. The van der Waals surface area contributed by atoms with E-state index in [2.05, 4.69) is 6.92 Å². The number of rotatable bonds is 13. The number of hydrogen-bond acceptors (Lipinski definition) is 3. The fraction of sp³-hybridized carbons (Fsp3) is 1.00. The van der Waals surface area contributed by atoms with Crippen LogP contribution in [0.2, 0.25) is 0 Å². The lowest BCUT2D eigenvalue weighted by Crippen LogP contribution is -2.35. The molecule has 20 heavy (non-hydrogen) atoms. The van der Waals surface area contributed by atoms with Crippen molar-refractivity contribution in [3.05, 3.63) is 0 Å².